The number of aryl methyl sites for hydroxylation is 1. The Balaban J connectivity index is 1.45. The van der Waals surface area contributed by atoms with E-state index in [1.54, 1.807) is 0 Å². The van der Waals surface area contributed by atoms with Crippen LogP contribution in [0.2, 0.25) is 0 Å². The van der Waals surface area contributed by atoms with Crippen LogP contribution in [0.15, 0.2) is 42.5 Å². The van der Waals surface area contributed by atoms with Crippen molar-refractivity contribution in [2.24, 2.45) is 5.92 Å². The van der Waals surface area contributed by atoms with Gasteiger partial charge in [0, 0.05) is 25.1 Å². The lowest BCUT2D eigenvalue weighted by Gasteiger charge is -2.41. The summed E-state index contributed by atoms with van der Waals surface area (Å²) in [6.45, 7) is 9.31. The Morgan fingerprint density at radius 2 is 1.83 bits per heavy atom. The molecule has 0 spiro atoms. The molecule has 0 bridgehead atoms. The summed E-state index contributed by atoms with van der Waals surface area (Å²) in [5, 5.41) is 10.8. The van der Waals surface area contributed by atoms with Gasteiger partial charge in [-0.1, -0.05) is 49.4 Å². The average Bonchev–Trinajstić information content (AvgIpc) is 2.77. The van der Waals surface area contributed by atoms with Gasteiger partial charge in [-0.3, -0.25) is 4.90 Å². The Morgan fingerprint density at radius 1 is 1.10 bits per heavy atom. The van der Waals surface area contributed by atoms with Crippen LogP contribution in [0.5, 0.6) is 5.75 Å². The number of phenols is 1. The smallest absolute Gasteiger partial charge is 0.122 e. The minimum absolute atomic E-state index is 0.0394. The third-order valence-electron chi connectivity index (χ3n) is 7.04. The number of piperidine rings is 1. The Bertz CT molecular complexity index is 830. The molecular weight excluding hydrogens is 372 g/mol. The number of aromatic hydroxyl groups is 1. The van der Waals surface area contributed by atoms with E-state index in [1.165, 1.54) is 11.1 Å². The predicted molar refractivity (Wildman–Crippen MR) is 122 cm³/mol. The zero-order chi connectivity index (χ0) is 21.1. The van der Waals surface area contributed by atoms with Crippen molar-refractivity contribution in [3.63, 3.8) is 0 Å². The number of fused-ring (bicyclic) bond motifs is 1. The van der Waals surface area contributed by atoms with E-state index in [9.17, 15) is 5.11 Å². The second-order valence-electron chi connectivity index (χ2n) is 9.12. The SMILES string of the molecule is CCN(C)CC1OC(C2CCN(Cc3ccccc3)CC2)Cc2c1ccc(C)c2O. The summed E-state index contributed by atoms with van der Waals surface area (Å²) in [6.07, 6.45) is 3.39. The fraction of sp³-hybridized carbons (Fsp3) is 0.538. The normalized spacial score (nSPS) is 22.9. The molecule has 0 aliphatic carbocycles. The molecule has 2 aromatic rings. The molecule has 0 amide bonds. The van der Waals surface area contributed by atoms with E-state index in [0.29, 0.717) is 11.7 Å². The number of benzene rings is 2. The van der Waals surface area contributed by atoms with E-state index in [1.807, 2.05) is 13.0 Å². The van der Waals surface area contributed by atoms with Crippen molar-refractivity contribution in [2.45, 2.75) is 51.9 Å². The zero-order valence-corrected chi connectivity index (χ0v) is 18.7. The van der Waals surface area contributed by atoms with Crippen LogP contribution in [-0.2, 0) is 17.7 Å². The van der Waals surface area contributed by atoms with Crippen LogP contribution in [0.25, 0.3) is 0 Å². The molecular formula is C26H36N2O2. The highest BCUT2D eigenvalue weighted by Crippen LogP contribution is 2.41. The first kappa shape index (κ1) is 21.4. The monoisotopic (exact) mass is 408 g/mol. The average molecular weight is 409 g/mol. The van der Waals surface area contributed by atoms with Gasteiger partial charge in [-0.05, 0) is 69.1 Å². The van der Waals surface area contributed by atoms with E-state index in [-0.39, 0.29) is 12.2 Å². The van der Waals surface area contributed by atoms with Crippen molar-refractivity contribution in [2.75, 3.05) is 33.2 Å². The molecule has 1 saturated heterocycles. The number of rotatable bonds is 6. The van der Waals surface area contributed by atoms with Gasteiger partial charge in [-0.15, -0.1) is 0 Å². The highest BCUT2D eigenvalue weighted by molar-refractivity contribution is 5.47. The summed E-state index contributed by atoms with van der Waals surface area (Å²) in [5.41, 5.74) is 4.65. The number of ether oxygens (including phenoxy) is 1. The number of likely N-dealkylation sites (N-methyl/N-ethyl adjacent to an activating group) is 1. The first-order chi connectivity index (χ1) is 14.5. The van der Waals surface area contributed by atoms with E-state index < -0.39 is 0 Å². The van der Waals surface area contributed by atoms with Crippen LogP contribution in [-0.4, -0.2) is 54.2 Å². The van der Waals surface area contributed by atoms with Crippen molar-refractivity contribution >= 4 is 0 Å². The van der Waals surface area contributed by atoms with Gasteiger partial charge in [-0.2, -0.15) is 0 Å². The summed E-state index contributed by atoms with van der Waals surface area (Å²) in [5.74, 6) is 1.03. The van der Waals surface area contributed by atoms with Crippen molar-refractivity contribution in [1.29, 1.82) is 0 Å². The maximum atomic E-state index is 10.8. The molecule has 0 radical (unpaired) electrons. The number of hydrogen-bond acceptors (Lipinski definition) is 4. The highest BCUT2D eigenvalue weighted by atomic mass is 16.5. The van der Waals surface area contributed by atoms with Crippen LogP contribution in [0.4, 0.5) is 0 Å². The van der Waals surface area contributed by atoms with Crippen molar-refractivity contribution in [3.05, 3.63) is 64.7 Å². The fourth-order valence-corrected chi connectivity index (χ4v) is 4.97. The zero-order valence-electron chi connectivity index (χ0n) is 18.7. The first-order valence-electron chi connectivity index (χ1n) is 11.5. The maximum Gasteiger partial charge on any atom is 0.122 e. The molecule has 4 rings (SSSR count). The molecule has 2 aliphatic heterocycles. The van der Waals surface area contributed by atoms with Gasteiger partial charge >= 0.3 is 0 Å². The molecule has 4 nitrogen and oxygen atoms in total. The summed E-state index contributed by atoms with van der Waals surface area (Å²) in [6, 6.07) is 14.9. The van der Waals surface area contributed by atoms with Crippen molar-refractivity contribution in [3.8, 4) is 5.75 Å². The lowest BCUT2D eigenvalue weighted by molar-refractivity contribution is -0.0773. The Labute approximate surface area is 181 Å². The molecule has 2 aliphatic rings. The van der Waals surface area contributed by atoms with Crippen LogP contribution < -0.4 is 0 Å². The van der Waals surface area contributed by atoms with Gasteiger partial charge < -0.3 is 14.7 Å². The molecule has 2 heterocycles. The van der Waals surface area contributed by atoms with Crippen LogP contribution in [0.3, 0.4) is 0 Å². The van der Waals surface area contributed by atoms with E-state index in [0.717, 1.165) is 63.1 Å². The van der Waals surface area contributed by atoms with Crippen LogP contribution >= 0.6 is 0 Å². The Hall–Kier alpha value is -1.88. The fourth-order valence-electron chi connectivity index (χ4n) is 4.97. The molecule has 1 fully saturated rings. The van der Waals surface area contributed by atoms with E-state index in [2.05, 4.69) is 60.2 Å². The topological polar surface area (TPSA) is 35.9 Å². The van der Waals surface area contributed by atoms with Gasteiger partial charge in [0.1, 0.15) is 5.75 Å². The highest BCUT2D eigenvalue weighted by Gasteiger charge is 2.36. The third-order valence-corrected chi connectivity index (χ3v) is 7.04. The van der Waals surface area contributed by atoms with E-state index in [4.69, 9.17) is 4.74 Å². The van der Waals surface area contributed by atoms with Crippen molar-refractivity contribution < 1.29 is 9.84 Å². The van der Waals surface area contributed by atoms with Gasteiger partial charge in [0.2, 0.25) is 0 Å². The maximum absolute atomic E-state index is 10.8. The Morgan fingerprint density at radius 3 is 2.53 bits per heavy atom. The first-order valence-corrected chi connectivity index (χ1v) is 11.5. The van der Waals surface area contributed by atoms with Gasteiger partial charge in [-0.25, -0.2) is 0 Å². The molecule has 1 N–H and O–H groups in total. The Kier molecular flexibility index (Phi) is 6.77. The van der Waals surface area contributed by atoms with Crippen molar-refractivity contribution in [1.82, 2.24) is 9.80 Å². The standard InChI is InChI=1S/C26H36N2O2/c1-4-27(3)18-25-22-11-10-19(2)26(29)23(22)16-24(30-25)21-12-14-28(15-13-21)17-20-8-6-5-7-9-20/h5-11,21,24-25,29H,4,12-18H2,1-3H3. The number of likely N-dealkylation sites (tertiary alicyclic amines) is 1. The number of hydrogen-bond donors (Lipinski definition) is 1. The summed E-state index contributed by atoms with van der Waals surface area (Å²) in [7, 11) is 2.14. The van der Waals surface area contributed by atoms with Gasteiger partial charge in [0.15, 0.2) is 0 Å². The van der Waals surface area contributed by atoms with E-state index >= 15 is 0 Å². The lowest BCUT2D eigenvalue weighted by Crippen LogP contribution is -2.42. The third kappa shape index (κ3) is 4.72. The molecule has 162 valence electrons. The molecule has 2 unspecified atom stereocenters. The minimum atomic E-state index is 0.0394. The van der Waals surface area contributed by atoms with Crippen LogP contribution in [0, 0.1) is 12.8 Å². The molecule has 30 heavy (non-hydrogen) atoms. The lowest BCUT2D eigenvalue weighted by atomic mass is 9.83. The number of nitrogens with zero attached hydrogens (tertiary/aromatic N) is 2. The van der Waals surface area contributed by atoms with Gasteiger partial charge in [0.25, 0.3) is 0 Å². The molecule has 2 atom stereocenters. The second-order valence-corrected chi connectivity index (χ2v) is 9.12. The van der Waals surface area contributed by atoms with Crippen LogP contribution in [0.1, 0.15) is 48.1 Å². The van der Waals surface area contributed by atoms with Gasteiger partial charge in [0.05, 0.1) is 12.2 Å². The molecule has 4 heteroatoms. The quantitative estimate of drug-likeness (QED) is 0.761. The molecule has 2 aromatic carbocycles. The molecule has 0 aromatic heterocycles. The minimum Gasteiger partial charge on any atom is -0.507 e. The number of phenolic OH excluding ortho intramolecular Hbond substituents is 1. The largest absolute Gasteiger partial charge is 0.507 e. The summed E-state index contributed by atoms with van der Waals surface area (Å²) < 4.78 is 6.70. The summed E-state index contributed by atoms with van der Waals surface area (Å²) in [4.78, 5) is 4.86. The second kappa shape index (κ2) is 9.51. The predicted octanol–water partition coefficient (Wildman–Crippen LogP) is 4.55. The summed E-state index contributed by atoms with van der Waals surface area (Å²) >= 11 is 0. The molecule has 0 saturated carbocycles.